The fourth-order valence-corrected chi connectivity index (χ4v) is 2.67. The Morgan fingerprint density at radius 3 is 2.62 bits per heavy atom. The maximum Gasteiger partial charge on any atom is 0.416 e. The molecule has 0 saturated carbocycles. The molecular weight excluding hydrogens is 389 g/mol. The molecule has 0 fully saturated rings. The fraction of sp³-hybridized carbons (Fsp3) is 0.100. The number of aromatic nitrogens is 2. The predicted molar refractivity (Wildman–Crippen MR) is 96.7 cm³/mol. The van der Waals surface area contributed by atoms with Crippen LogP contribution in [0.5, 0.6) is 5.75 Å². The van der Waals surface area contributed by atoms with Crippen molar-refractivity contribution in [3.8, 4) is 11.4 Å². The van der Waals surface area contributed by atoms with Gasteiger partial charge in [-0.15, -0.1) is 0 Å². The van der Waals surface area contributed by atoms with Gasteiger partial charge in [0.05, 0.1) is 27.8 Å². The molecule has 0 bridgehead atoms. The molecule has 0 aliphatic rings. The summed E-state index contributed by atoms with van der Waals surface area (Å²) in [5.41, 5.74) is -1.13. The molecule has 150 valence electrons. The number of hydrogen-bond acceptors (Lipinski definition) is 4. The average molecular weight is 403 g/mol. The van der Waals surface area contributed by atoms with Crippen LogP contribution in [0.2, 0.25) is 0 Å². The summed E-state index contributed by atoms with van der Waals surface area (Å²) < 4.78 is 45.0. The van der Waals surface area contributed by atoms with E-state index in [1.165, 1.54) is 24.3 Å². The summed E-state index contributed by atoms with van der Waals surface area (Å²) in [6.07, 6.45) is -3.14. The zero-order valence-corrected chi connectivity index (χ0v) is 14.8. The van der Waals surface area contributed by atoms with Crippen LogP contribution in [-0.2, 0) is 11.0 Å². The van der Waals surface area contributed by atoms with Crippen molar-refractivity contribution in [3.05, 3.63) is 80.6 Å². The first-order chi connectivity index (χ1) is 13.7. The topological polar surface area (TPSA) is 87.2 Å². The first-order valence-corrected chi connectivity index (χ1v) is 8.28. The van der Waals surface area contributed by atoms with E-state index in [-0.39, 0.29) is 22.0 Å². The molecule has 0 spiro atoms. The summed E-state index contributed by atoms with van der Waals surface area (Å²) in [5.74, 6) is -1.21. The zero-order valence-electron chi connectivity index (χ0n) is 14.8. The monoisotopic (exact) mass is 403 g/mol. The van der Waals surface area contributed by atoms with Crippen LogP contribution in [0, 0.1) is 0 Å². The molecule has 0 saturated heterocycles. The van der Waals surface area contributed by atoms with Crippen LogP contribution >= 0.6 is 0 Å². The zero-order chi connectivity index (χ0) is 21.2. The van der Waals surface area contributed by atoms with Gasteiger partial charge in [-0.25, -0.2) is 4.68 Å². The standard InChI is InChI=1S/C20H15F3N2O4/c1-12-16(9-13-5-2-3-8-17(13)29-11-18(26)27)19(28)25(24-12)15-7-4-6-14(10-15)20(21,22)23/h2-10,24H,1,11H2,(H,26,27)/p-1/b16-9-. The average Bonchev–Trinajstić information content (AvgIpc) is 2.95. The van der Waals surface area contributed by atoms with Gasteiger partial charge in [-0.2, -0.15) is 13.2 Å². The number of rotatable bonds is 5. The number of halogens is 3. The van der Waals surface area contributed by atoms with Crippen molar-refractivity contribution in [2.24, 2.45) is 0 Å². The third-order valence-corrected chi connectivity index (χ3v) is 4.00. The molecule has 6 nitrogen and oxygen atoms in total. The molecule has 9 heteroatoms. The summed E-state index contributed by atoms with van der Waals surface area (Å²) in [4.78, 5) is 23.4. The number of carboxylic acid groups (broad SMARTS) is 1. The van der Waals surface area contributed by atoms with Gasteiger partial charge in [0.1, 0.15) is 12.4 Å². The molecule has 0 atom stereocenters. The summed E-state index contributed by atoms with van der Waals surface area (Å²) >= 11 is 0. The lowest BCUT2D eigenvalue weighted by Crippen LogP contribution is -2.34. The predicted octanol–water partition coefficient (Wildman–Crippen LogP) is 0.552. The lowest BCUT2D eigenvalue weighted by Gasteiger charge is -2.09. The largest absolute Gasteiger partial charge is 0.546 e. The van der Waals surface area contributed by atoms with E-state index in [0.717, 1.165) is 16.8 Å². The van der Waals surface area contributed by atoms with E-state index < -0.39 is 29.9 Å². The van der Waals surface area contributed by atoms with E-state index in [2.05, 4.69) is 11.7 Å². The number of carbonyl (C=O) groups is 1. The Bertz CT molecular complexity index is 1230. The first kappa shape index (κ1) is 20.0. The van der Waals surface area contributed by atoms with Crippen molar-refractivity contribution in [3.63, 3.8) is 0 Å². The van der Waals surface area contributed by atoms with Gasteiger partial charge in [-0.3, -0.25) is 9.89 Å². The van der Waals surface area contributed by atoms with Crippen molar-refractivity contribution in [2.45, 2.75) is 6.18 Å². The van der Waals surface area contributed by atoms with Crippen molar-refractivity contribution >= 4 is 18.6 Å². The van der Waals surface area contributed by atoms with Gasteiger partial charge in [0.25, 0.3) is 5.56 Å². The van der Waals surface area contributed by atoms with Crippen LogP contribution in [-0.4, -0.2) is 22.4 Å². The highest BCUT2D eigenvalue weighted by atomic mass is 19.4. The van der Waals surface area contributed by atoms with Gasteiger partial charge in [0, 0.05) is 5.56 Å². The number of carboxylic acids is 1. The van der Waals surface area contributed by atoms with E-state index >= 15 is 0 Å². The molecule has 1 heterocycles. The Morgan fingerprint density at radius 2 is 1.93 bits per heavy atom. The third-order valence-electron chi connectivity index (χ3n) is 4.00. The normalized spacial score (nSPS) is 12.2. The first-order valence-electron chi connectivity index (χ1n) is 8.28. The summed E-state index contributed by atoms with van der Waals surface area (Å²) in [6.45, 7) is 3.05. The number of carbonyl (C=O) groups excluding carboxylic acids is 1. The maximum absolute atomic E-state index is 13.0. The number of aliphatic carboxylic acids is 1. The van der Waals surface area contributed by atoms with E-state index in [1.807, 2.05) is 0 Å². The van der Waals surface area contributed by atoms with E-state index in [0.29, 0.717) is 5.56 Å². The highest BCUT2D eigenvalue weighted by molar-refractivity contribution is 5.66. The van der Waals surface area contributed by atoms with Gasteiger partial charge in [-0.05, 0) is 30.3 Å². The lowest BCUT2D eigenvalue weighted by atomic mass is 10.1. The molecule has 2 aromatic carbocycles. The molecule has 3 rings (SSSR count). The molecular formula is C20H14F3N2O4-. The summed E-state index contributed by atoms with van der Waals surface area (Å²) in [6, 6.07) is 10.7. The van der Waals surface area contributed by atoms with Crippen LogP contribution < -0.4 is 26.0 Å². The molecule has 0 aliphatic carbocycles. The minimum absolute atomic E-state index is 0.00383. The van der Waals surface area contributed by atoms with Crippen molar-refractivity contribution in [2.75, 3.05) is 6.61 Å². The van der Waals surface area contributed by atoms with E-state index in [1.54, 1.807) is 18.2 Å². The van der Waals surface area contributed by atoms with Crippen LogP contribution in [0.25, 0.3) is 18.3 Å². The van der Waals surface area contributed by atoms with Gasteiger partial charge in [0.2, 0.25) is 0 Å². The highest BCUT2D eigenvalue weighted by Crippen LogP contribution is 2.29. The number of H-pyrrole nitrogens is 1. The molecule has 0 radical (unpaired) electrons. The number of para-hydroxylation sites is 1. The number of ether oxygens (including phenoxy) is 1. The summed E-state index contributed by atoms with van der Waals surface area (Å²) in [7, 11) is 0. The van der Waals surface area contributed by atoms with Crippen LogP contribution in [0.4, 0.5) is 13.2 Å². The van der Waals surface area contributed by atoms with Crippen LogP contribution in [0.3, 0.4) is 0 Å². The molecule has 1 aromatic heterocycles. The minimum Gasteiger partial charge on any atom is -0.546 e. The Balaban J connectivity index is 2.10. The second kappa shape index (κ2) is 7.70. The van der Waals surface area contributed by atoms with Crippen LogP contribution in [0.1, 0.15) is 11.1 Å². The molecule has 29 heavy (non-hydrogen) atoms. The van der Waals surface area contributed by atoms with Crippen molar-refractivity contribution in [1.82, 2.24) is 9.78 Å². The quantitative estimate of drug-likeness (QED) is 0.674. The molecule has 3 aromatic rings. The number of alkyl halides is 3. The van der Waals surface area contributed by atoms with E-state index in [4.69, 9.17) is 4.74 Å². The van der Waals surface area contributed by atoms with Crippen molar-refractivity contribution in [1.29, 1.82) is 0 Å². The second-order valence-corrected chi connectivity index (χ2v) is 6.04. The Morgan fingerprint density at radius 1 is 1.21 bits per heavy atom. The fourth-order valence-electron chi connectivity index (χ4n) is 2.67. The molecule has 0 amide bonds. The van der Waals surface area contributed by atoms with Gasteiger partial charge in [-0.1, -0.05) is 30.8 Å². The number of benzene rings is 2. The van der Waals surface area contributed by atoms with Gasteiger partial charge < -0.3 is 14.6 Å². The highest BCUT2D eigenvalue weighted by Gasteiger charge is 2.30. The van der Waals surface area contributed by atoms with E-state index in [9.17, 15) is 27.9 Å². The molecule has 1 N–H and O–H groups in total. The third kappa shape index (κ3) is 4.40. The smallest absolute Gasteiger partial charge is 0.416 e. The van der Waals surface area contributed by atoms with Crippen LogP contribution in [0.15, 0.2) is 53.3 Å². The van der Waals surface area contributed by atoms with Gasteiger partial charge in [0.15, 0.2) is 0 Å². The number of aromatic amines is 1. The number of nitrogens with zero attached hydrogens (tertiary/aromatic N) is 1. The molecule has 0 unspecified atom stereocenters. The lowest BCUT2D eigenvalue weighted by molar-refractivity contribution is -0.307. The summed E-state index contributed by atoms with van der Waals surface area (Å²) in [5, 5.41) is 13.5. The molecule has 0 aliphatic heterocycles. The Labute approximate surface area is 161 Å². The second-order valence-electron chi connectivity index (χ2n) is 6.04. The maximum atomic E-state index is 13.0. The van der Waals surface area contributed by atoms with Crippen molar-refractivity contribution < 1.29 is 27.8 Å². The van der Waals surface area contributed by atoms with Gasteiger partial charge >= 0.3 is 6.18 Å². The number of nitrogens with one attached hydrogen (secondary N) is 1. The Kier molecular flexibility index (Phi) is 5.31. The number of hydrogen-bond donors (Lipinski definition) is 1. The minimum atomic E-state index is -4.55. The SMILES string of the molecule is C=c1[nH]n(-c2cccc(C(F)(F)F)c2)c(=O)/c1=C\c1ccccc1OCC(=O)[O-]. The Hall–Kier alpha value is -3.75.